The van der Waals surface area contributed by atoms with Crippen LogP contribution in [-0.2, 0) is 4.79 Å². The van der Waals surface area contributed by atoms with Crippen LogP contribution in [0.3, 0.4) is 0 Å². The van der Waals surface area contributed by atoms with Gasteiger partial charge in [-0.25, -0.2) is 4.79 Å². The number of hydrogen-bond acceptors (Lipinski definition) is 3. The van der Waals surface area contributed by atoms with E-state index in [9.17, 15) is 9.59 Å². The minimum Gasteiger partial charge on any atom is -0.484 e. The Hall–Kier alpha value is -2.04. The van der Waals surface area contributed by atoms with E-state index in [-0.39, 0.29) is 24.1 Å². The summed E-state index contributed by atoms with van der Waals surface area (Å²) in [5, 5.41) is 11.7. The number of carbonyl (C=O) groups is 2. The van der Waals surface area contributed by atoms with Crippen molar-refractivity contribution in [2.24, 2.45) is 0 Å². The van der Waals surface area contributed by atoms with Crippen molar-refractivity contribution in [1.29, 1.82) is 0 Å². The summed E-state index contributed by atoms with van der Waals surface area (Å²) in [6, 6.07) is 6.38. The molecule has 1 aromatic carbocycles. The molecule has 102 valence electrons. The van der Waals surface area contributed by atoms with E-state index in [1.54, 1.807) is 12.1 Å². The minimum absolute atomic E-state index is 0.0838. The van der Waals surface area contributed by atoms with Gasteiger partial charge in [0.05, 0.1) is 5.56 Å². The zero-order valence-corrected chi connectivity index (χ0v) is 10.6. The molecule has 1 saturated carbocycles. The highest BCUT2D eigenvalue weighted by Gasteiger charge is 2.17. The summed E-state index contributed by atoms with van der Waals surface area (Å²) in [7, 11) is 0. The lowest BCUT2D eigenvalue weighted by atomic mass is 10.2. The predicted octanol–water partition coefficient (Wildman–Crippen LogP) is 1.82. The van der Waals surface area contributed by atoms with Gasteiger partial charge in [-0.2, -0.15) is 0 Å². The number of carboxylic acid groups (broad SMARTS) is 1. The highest BCUT2D eigenvalue weighted by molar-refractivity contribution is 5.88. The molecular weight excluding hydrogens is 246 g/mol. The number of aromatic carboxylic acids is 1. The maximum Gasteiger partial charge on any atom is 0.335 e. The Kier molecular flexibility index (Phi) is 4.39. The number of ether oxygens (including phenoxy) is 1. The number of hydrogen-bond donors (Lipinski definition) is 2. The SMILES string of the molecule is O=C(COc1cccc(C(=O)O)c1)NC1CCCC1. The number of carboxylic acids is 1. The van der Waals surface area contributed by atoms with Crippen LogP contribution < -0.4 is 10.1 Å². The van der Waals surface area contributed by atoms with E-state index in [1.807, 2.05) is 0 Å². The fraction of sp³-hybridized carbons (Fsp3) is 0.429. The van der Waals surface area contributed by atoms with Crippen molar-refractivity contribution in [3.05, 3.63) is 29.8 Å². The quantitative estimate of drug-likeness (QED) is 0.849. The first-order chi connectivity index (χ1) is 9.15. The van der Waals surface area contributed by atoms with Gasteiger partial charge in [0.25, 0.3) is 5.91 Å². The van der Waals surface area contributed by atoms with Gasteiger partial charge in [-0.3, -0.25) is 4.79 Å². The highest BCUT2D eigenvalue weighted by atomic mass is 16.5. The van der Waals surface area contributed by atoms with Gasteiger partial charge in [0, 0.05) is 6.04 Å². The zero-order valence-electron chi connectivity index (χ0n) is 10.6. The van der Waals surface area contributed by atoms with E-state index in [0.717, 1.165) is 25.7 Å². The minimum atomic E-state index is -1.01. The molecule has 0 saturated heterocycles. The molecule has 0 unspecified atom stereocenters. The number of rotatable bonds is 5. The average molecular weight is 263 g/mol. The van der Waals surface area contributed by atoms with Gasteiger partial charge >= 0.3 is 5.97 Å². The largest absolute Gasteiger partial charge is 0.484 e. The Morgan fingerprint density at radius 3 is 2.74 bits per heavy atom. The van der Waals surface area contributed by atoms with E-state index < -0.39 is 5.97 Å². The van der Waals surface area contributed by atoms with Crippen molar-refractivity contribution in [2.45, 2.75) is 31.7 Å². The summed E-state index contributed by atoms with van der Waals surface area (Å²) in [5.74, 6) is -0.782. The summed E-state index contributed by atoms with van der Waals surface area (Å²) >= 11 is 0. The first-order valence-electron chi connectivity index (χ1n) is 6.40. The van der Waals surface area contributed by atoms with E-state index in [4.69, 9.17) is 9.84 Å². The topological polar surface area (TPSA) is 75.6 Å². The molecule has 1 aliphatic rings. The van der Waals surface area contributed by atoms with E-state index in [2.05, 4.69) is 5.32 Å². The van der Waals surface area contributed by atoms with E-state index in [1.165, 1.54) is 12.1 Å². The molecule has 1 amide bonds. The van der Waals surface area contributed by atoms with Gasteiger partial charge in [0.2, 0.25) is 0 Å². The Morgan fingerprint density at radius 1 is 1.32 bits per heavy atom. The monoisotopic (exact) mass is 263 g/mol. The van der Waals surface area contributed by atoms with Crippen LogP contribution >= 0.6 is 0 Å². The molecule has 1 fully saturated rings. The third-order valence-electron chi connectivity index (χ3n) is 3.17. The Labute approximate surface area is 111 Å². The van der Waals surface area contributed by atoms with Gasteiger partial charge in [-0.05, 0) is 31.0 Å². The molecule has 2 N–H and O–H groups in total. The lowest BCUT2D eigenvalue weighted by Gasteiger charge is -2.12. The molecule has 2 rings (SSSR count). The molecule has 0 spiro atoms. The Bertz CT molecular complexity index is 466. The number of amides is 1. The predicted molar refractivity (Wildman–Crippen MR) is 69.3 cm³/mol. The second-order valence-electron chi connectivity index (χ2n) is 4.67. The third kappa shape index (κ3) is 3.98. The molecule has 0 bridgehead atoms. The van der Waals surface area contributed by atoms with Crippen LogP contribution in [0, 0.1) is 0 Å². The molecule has 0 heterocycles. The Balaban J connectivity index is 1.82. The molecule has 0 atom stereocenters. The van der Waals surface area contributed by atoms with Gasteiger partial charge < -0.3 is 15.2 Å². The standard InChI is InChI=1S/C14H17NO4/c16-13(15-11-5-1-2-6-11)9-19-12-7-3-4-10(8-12)14(17)18/h3-4,7-8,11H,1-2,5-6,9H2,(H,15,16)(H,17,18). The van der Waals surface area contributed by atoms with Crippen molar-refractivity contribution in [2.75, 3.05) is 6.61 Å². The van der Waals surface area contributed by atoms with Gasteiger partial charge in [0.15, 0.2) is 6.61 Å². The van der Waals surface area contributed by atoms with Crippen molar-refractivity contribution in [3.63, 3.8) is 0 Å². The second-order valence-corrected chi connectivity index (χ2v) is 4.67. The van der Waals surface area contributed by atoms with Crippen LogP contribution in [0.2, 0.25) is 0 Å². The molecule has 1 aliphatic carbocycles. The molecule has 5 heteroatoms. The normalized spacial score (nSPS) is 15.2. The third-order valence-corrected chi connectivity index (χ3v) is 3.17. The summed E-state index contributed by atoms with van der Waals surface area (Å²) in [5.41, 5.74) is 0.147. The van der Waals surface area contributed by atoms with Crippen LogP contribution in [-0.4, -0.2) is 29.6 Å². The average Bonchev–Trinajstić information content (AvgIpc) is 2.89. The van der Waals surface area contributed by atoms with Gasteiger partial charge in [-0.15, -0.1) is 0 Å². The van der Waals surface area contributed by atoms with Crippen molar-refractivity contribution in [3.8, 4) is 5.75 Å². The van der Waals surface area contributed by atoms with Crippen LogP contribution in [0.1, 0.15) is 36.0 Å². The summed E-state index contributed by atoms with van der Waals surface area (Å²) in [4.78, 5) is 22.4. The van der Waals surface area contributed by atoms with E-state index in [0.29, 0.717) is 5.75 Å². The maximum absolute atomic E-state index is 11.6. The Morgan fingerprint density at radius 2 is 2.05 bits per heavy atom. The fourth-order valence-corrected chi connectivity index (χ4v) is 2.21. The van der Waals surface area contributed by atoms with Gasteiger partial charge in [0.1, 0.15) is 5.75 Å². The summed E-state index contributed by atoms with van der Waals surface area (Å²) < 4.78 is 5.29. The lowest BCUT2D eigenvalue weighted by molar-refractivity contribution is -0.123. The summed E-state index contributed by atoms with van der Waals surface area (Å²) in [6.45, 7) is -0.0838. The second kappa shape index (κ2) is 6.22. The lowest BCUT2D eigenvalue weighted by Crippen LogP contribution is -2.36. The number of nitrogens with one attached hydrogen (secondary N) is 1. The number of carbonyl (C=O) groups excluding carboxylic acids is 1. The van der Waals surface area contributed by atoms with Crippen LogP contribution in [0.15, 0.2) is 24.3 Å². The summed E-state index contributed by atoms with van der Waals surface area (Å²) in [6.07, 6.45) is 4.37. The smallest absolute Gasteiger partial charge is 0.335 e. The van der Waals surface area contributed by atoms with Gasteiger partial charge in [-0.1, -0.05) is 18.9 Å². The van der Waals surface area contributed by atoms with Crippen molar-refractivity contribution < 1.29 is 19.4 Å². The molecule has 1 aromatic rings. The van der Waals surface area contributed by atoms with Crippen LogP contribution in [0.4, 0.5) is 0 Å². The molecule has 0 radical (unpaired) electrons. The number of benzene rings is 1. The van der Waals surface area contributed by atoms with Crippen LogP contribution in [0.5, 0.6) is 5.75 Å². The highest BCUT2D eigenvalue weighted by Crippen LogP contribution is 2.17. The fourth-order valence-electron chi connectivity index (χ4n) is 2.21. The van der Waals surface area contributed by atoms with Crippen molar-refractivity contribution >= 4 is 11.9 Å². The first kappa shape index (κ1) is 13.4. The first-order valence-corrected chi connectivity index (χ1v) is 6.40. The zero-order chi connectivity index (χ0) is 13.7. The molecule has 5 nitrogen and oxygen atoms in total. The molecule has 0 aliphatic heterocycles. The molecule has 0 aromatic heterocycles. The molecular formula is C14H17NO4. The van der Waals surface area contributed by atoms with E-state index >= 15 is 0 Å². The van der Waals surface area contributed by atoms with Crippen molar-refractivity contribution in [1.82, 2.24) is 5.32 Å². The molecule has 19 heavy (non-hydrogen) atoms. The van der Waals surface area contributed by atoms with Crippen LogP contribution in [0.25, 0.3) is 0 Å². The maximum atomic E-state index is 11.6.